The number of carbonyl (C=O) groups excluding carboxylic acids is 1. The highest BCUT2D eigenvalue weighted by Crippen LogP contribution is 2.22. The highest BCUT2D eigenvalue weighted by Gasteiger charge is 2.16. The van der Waals surface area contributed by atoms with Crippen LogP contribution < -0.4 is 5.32 Å². The number of nitrogens with zero attached hydrogens (tertiary/aromatic N) is 2. The molecule has 0 atom stereocenters. The maximum absolute atomic E-state index is 13.8. The number of imidazole rings is 1. The van der Waals surface area contributed by atoms with Crippen LogP contribution in [0.25, 0.3) is 11.0 Å². The van der Waals surface area contributed by atoms with Crippen LogP contribution in [0.4, 0.5) is 10.3 Å². The number of rotatable bonds is 5. The fourth-order valence-corrected chi connectivity index (χ4v) is 2.88. The third-order valence-electron chi connectivity index (χ3n) is 3.75. The number of aryl methyl sites for hydroxylation is 1. The first-order valence-corrected chi connectivity index (χ1v) is 8.16. The molecule has 0 saturated heterocycles. The molecule has 0 aliphatic heterocycles. The van der Waals surface area contributed by atoms with Crippen molar-refractivity contribution in [1.29, 1.82) is 0 Å². The number of para-hydroxylation sites is 2. The predicted octanol–water partition coefficient (Wildman–Crippen LogP) is 4.42. The van der Waals surface area contributed by atoms with Gasteiger partial charge in [-0.3, -0.25) is 10.1 Å². The Morgan fingerprint density at radius 1 is 1.25 bits per heavy atom. The minimum Gasteiger partial charge on any atom is -0.310 e. The van der Waals surface area contributed by atoms with E-state index in [1.807, 2.05) is 28.8 Å². The van der Waals surface area contributed by atoms with Gasteiger partial charge in [-0.1, -0.05) is 36.7 Å². The minimum absolute atomic E-state index is 0.138. The first-order valence-electron chi connectivity index (χ1n) is 7.78. The summed E-state index contributed by atoms with van der Waals surface area (Å²) in [6, 6.07) is 12.1. The number of amides is 1. The molecule has 2 aromatic carbocycles. The van der Waals surface area contributed by atoms with E-state index in [4.69, 9.17) is 11.6 Å². The zero-order valence-corrected chi connectivity index (χ0v) is 14.0. The summed E-state index contributed by atoms with van der Waals surface area (Å²) in [4.78, 5) is 16.8. The maximum atomic E-state index is 13.8. The Morgan fingerprint density at radius 2 is 2.04 bits per heavy atom. The van der Waals surface area contributed by atoms with Gasteiger partial charge < -0.3 is 4.57 Å². The number of hydrogen-bond donors (Lipinski definition) is 1. The van der Waals surface area contributed by atoms with Crippen molar-refractivity contribution < 1.29 is 9.18 Å². The van der Waals surface area contributed by atoms with E-state index in [-0.39, 0.29) is 22.9 Å². The second-order valence-electron chi connectivity index (χ2n) is 5.50. The number of nitrogens with one attached hydrogen (secondary N) is 1. The van der Waals surface area contributed by atoms with E-state index in [1.54, 1.807) is 6.07 Å². The lowest BCUT2D eigenvalue weighted by Crippen LogP contribution is -2.18. The molecule has 0 aliphatic carbocycles. The van der Waals surface area contributed by atoms with Crippen LogP contribution in [0.5, 0.6) is 0 Å². The van der Waals surface area contributed by atoms with Crippen molar-refractivity contribution >= 4 is 34.5 Å². The maximum Gasteiger partial charge on any atom is 0.231 e. The molecule has 1 aromatic heterocycles. The van der Waals surface area contributed by atoms with Crippen LogP contribution >= 0.6 is 11.6 Å². The van der Waals surface area contributed by atoms with Gasteiger partial charge in [-0.25, -0.2) is 9.37 Å². The van der Waals surface area contributed by atoms with E-state index in [2.05, 4.69) is 17.2 Å². The molecular weight excluding hydrogens is 329 g/mol. The molecule has 1 heterocycles. The molecule has 124 valence electrons. The fraction of sp³-hybridized carbons (Fsp3) is 0.222. The molecule has 0 spiro atoms. The molecule has 3 rings (SSSR count). The number of hydrogen-bond acceptors (Lipinski definition) is 2. The molecule has 24 heavy (non-hydrogen) atoms. The van der Waals surface area contributed by atoms with Gasteiger partial charge in [0.15, 0.2) is 0 Å². The van der Waals surface area contributed by atoms with Crippen LogP contribution in [-0.4, -0.2) is 15.5 Å². The van der Waals surface area contributed by atoms with E-state index >= 15 is 0 Å². The summed E-state index contributed by atoms with van der Waals surface area (Å²) in [6.07, 6.45) is 0.767. The Labute approximate surface area is 144 Å². The zero-order valence-electron chi connectivity index (χ0n) is 13.2. The first-order chi connectivity index (χ1) is 11.6. The van der Waals surface area contributed by atoms with Crippen LogP contribution in [-0.2, 0) is 17.8 Å². The Bertz CT molecular complexity index is 871. The average molecular weight is 346 g/mol. The SMILES string of the molecule is CCCn1c(NC(=O)Cc2c(F)cccc2Cl)nc2ccccc21. The topological polar surface area (TPSA) is 46.9 Å². The molecule has 0 bridgehead atoms. The van der Waals surface area contributed by atoms with Crippen molar-refractivity contribution in [2.24, 2.45) is 0 Å². The number of halogens is 2. The average Bonchev–Trinajstić information content (AvgIpc) is 2.89. The van der Waals surface area contributed by atoms with Gasteiger partial charge in [0.25, 0.3) is 0 Å². The number of carbonyl (C=O) groups is 1. The smallest absolute Gasteiger partial charge is 0.231 e. The molecular formula is C18H17ClFN3O. The number of benzene rings is 2. The lowest BCUT2D eigenvalue weighted by Gasteiger charge is -2.10. The van der Waals surface area contributed by atoms with Crippen LogP contribution in [0.15, 0.2) is 42.5 Å². The van der Waals surface area contributed by atoms with E-state index in [9.17, 15) is 9.18 Å². The normalized spacial score (nSPS) is 11.0. The van der Waals surface area contributed by atoms with E-state index in [1.165, 1.54) is 12.1 Å². The lowest BCUT2D eigenvalue weighted by atomic mass is 10.1. The highest BCUT2D eigenvalue weighted by molar-refractivity contribution is 6.31. The monoisotopic (exact) mass is 345 g/mol. The Balaban J connectivity index is 1.86. The third-order valence-corrected chi connectivity index (χ3v) is 4.11. The molecule has 1 amide bonds. The molecule has 0 fully saturated rings. The highest BCUT2D eigenvalue weighted by atomic mass is 35.5. The van der Waals surface area contributed by atoms with Crippen molar-refractivity contribution in [3.05, 3.63) is 58.9 Å². The van der Waals surface area contributed by atoms with Crippen molar-refractivity contribution in [3.63, 3.8) is 0 Å². The summed E-state index contributed by atoms with van der Waals surface area (Å²) in [5.41, 5.74) is 1.96. The standard InChI is InChI=1S/C18H17ClFN3O/c1-2-10-23-16-9-4-3-8-15(16)21-18(23)22-17(24)11-12-13(19)6-5-7-14(12)20/h3-9H,2,10-11H2,1H3,(H,21,22,24). The van der Waals surface area contributed by atoms with Crippen LogP contribution in [0.3, 0.4) is 0 Å². The quantitative estimate of drug-likeness (QED) is 0.744. The summed E-state index contributed by atoms with van der Waals surface area (Å²) in [5, 5.41) is 3.02. The Morgan fingerprint density at radius 3 is 2.79 bits per heavy atom. The summed E-state index contributed by atoms with van der Waals surface area (Å²) in [7, 11) is 0. The first kappa shape index (κ1) is 16.5. The van der Waals surface area contributed by atoms with Crippen LogP contribution in [0, 0.1) is 5.82 Å². The van der Waals surface area contributed by atoms with Gasteiger partial charge in [0.2, 0.25) is 11.9 Å². The van der Waals surface area contributed by atoms with Crippen molar-refractivity contribution in [3.8, 4) is 0 Å². The molecule has 0 unspecified atom stereocenters. The Hall–Kier alpha value is -2.40. The molecule has 1 N–H and O–H groups in total. The number of anilines is 1. The van der Waals surface area contributed by atoms with E-state index < -0.39 is 5.82 Å². The van der Waals surface area contributed by atoms with E-state index in [0.717, 1.165) is 24.0 Å². The van der Waals surface area contributed by atoms with Crippen molar-refractivity contribution in [2.45, 2.75) is 26.3 Å². The summed E-state index contributed by atoms with van der Waals surface area (Å²) >= 11 is 5.98. The molecule has 6 heteroatoms. The number of fused-ring (bicyclic) bond motifs is 1. The van der Waals surface area contributed by atoms with Crippen LogP contribution in [0.2, 0.25) is 5.02 Å². The summed E-state index contributed by atoms with van der Waals surface area (Å²) in [5.74, 6) is -0.370. The van der Waals surface area contributed by atoms with Crippen LogP contribution in [0.1, 0.15) is 18.9 Å². The number of aromatic nitrogens is 2. The second-order valence-corrected chi connectivity index (χ2v) is 5.91. The van der Waals surface area contributed by atoms with Crippen molar-refractivity contribution in [1.82, 2.24) is 9.55 Å². The molecule has 3 aromatic rings. The molecule has 4 nitrogen and oxygen atoms in total. The van der Waals surface area contributed by atoms with Gasteiger partial charge in [0.1, 0.15) is 5.82 Å². The minimum atomic E-state index is -0.486. The van der Waals surface area contributed by atoms with Crippen molar-refractivity contribution in [2.75, 3.05) is 5.32 Å². The van der Waals surface area contributed by atoms with Gasteiger partial charge in [0, 0.05) is 17.1 Å². The molecule has 0 radical (unpaired) electrons. The van der Waals surface area contributed by atoms with Gasteiger partial charge in [-0.05, 0) is 30.7 Å². The van der Waals surface area contributed by atoms with Gasteiger partial charge in [-0.2, -0.15) is 0 Å². The van der Waals surface area contributed by atoms with Gasteiger partial charge in [-0.15, -0.1) is 0 Å². The van der Waals surface area contributed by atoms with Gasteiger partial charge in [0.05, 0.1) is 17.5 Å². The Kier molecular flexibility index (Phi) is 4.81. The summed E-state index contributed by atoms with van der Waals surface area (Å²) < 4.78 is 15.8. The fourth-order valence-electron chi connectivity index (χ4n) is 2.65. The predicted molar refractivity (Wildman–Crippen MR) is 93.8 cm³/mol. The lowest BCUT2D eigenvalue weighted by molar-refractivity contribution is -0.115. The molecule has 0 saturated carbocycles. The van der Waals surface area contributed by atoms with Gasteiger partial charge >= 0.3 is 0 Å². The molecule has 0 aliphatic rings. The zero-order chi connectivity index (χ0) is 17.1. The second kappa shape index (κ2) is 7.01. The summed E-state index contributed by atoms with van der Waals surface area (Å²) in [6.45, 7) is 2.79. The third kappa shape index (κ3) is 3.26. The largest absolute Gasteiger partial charge is 0.310 e. The van der Waals surface area contributed by atoms with E-state index in [0.29, 0.717) is 5.95 Å².